The van der Waals surface area contributed by atoms with Gasteiger partial charge in [0, 0.05) is 28.5 Å². The van der Waals surface area contributed by atoms with E-state index in [0.717, 1.165) is 27.4 Å². The lowest BCUT2D eigenvalue weighted by Crippen LogP contribution is -2.12. The molecule has 0 spiro atoms. The van der Waals surface area contributed by atoms with Gasteiger partial charge in [0.1, 0.15) is 0 Å². The molecule has 2 aromatic rings. The number of pyridine rings is 1. The lowest BCUT2D eigenvalue weighted by molar-refractivity contribution is 0.652. The molecule has 94 valence electrons. The molecule has 3 heteroatoms. The minimum Gasteiger partial charge on any atom is -0.313 e. The molecule has 2 nitrogen and oxygen atoms in total. The molecule has 1 N–H and O–H groups in total. The van der Waals surface area contributed by atoms with Crippen molar-refractivity contribution in [2.24, 2.45) is 0 Å². The Bertz CT molecular complexity index is 535. The van der Waals surface area contributed by atoms with Gasteiger partial charge in [-0.1, -0.05) is 29.8 Å². The van der Waals surface area contributed by atoms with Crippen molar-refractivity contribution < 1.29 is 0 Å². The lowest BCUT2D eigenvalue weighted by atomic mass is 10.0. The van der Waals surface area contributed by atoms with Crippen LogP contribution in [-0.2, 0) is 0 Å². The number of hydrogen-bond donors (Lipinski definition) is 1. The van der Waals surface area contributed by atoms with Gasteiger partial charge in [0.05, 0.1) is 0 Å². The number of rotatable bonds is 3. The lowest BCUT2D eigenvalue weighted by Gasteiger charge is -2.13. The molecule has 0 radical (unpaired) electrons. The second kappa shape index (κ2) is 5.51. The average Bonchev–Trinajstić information content (AvgIpc) is 2.38. The molecule has 0 amide bonds. The Hall–Kier alpha value is -1.38. The summed E-state index contributed by atoms with van der Waals surface area (Å²) < 4.78 is 0. The van der Waals surface area contributed by atoms with Gasteiger partial charge in [0.2, 0.25) is 0 Å². The molecule has 18 heavy (non-hydrogen) atoms. The third kappa shape index (κ3) is 2.71. The zero-order valence-corrected chi connectivity index (χ0v) is 11.6. The highest BCUT2D eigenvalue weighted by atomic mass is 35.5. The van der Waals surface area contributed by atoms with Gasteiger partial charge in [-0.3, -0.25) is 4.98 Å². The summed E-state index contributed by atoms with van der Waals surface area (Å²) in [4.78, 5) is 4.30. The average molecular weight is 261 g/mol. The minimum absolute atomic E-state index is 0.252. The Kier molecular flexibility index (Phi) is 4.00. The largest absolute Gasteiger partial charge is 0.313 e. The van der Waals surface area contributed by atoms with E-state index in [9.17, 15) is 0 Å². The van der Waals surface area contributed by atoms with Crippen LogP contribution in [0.4, 0.5) is 0 Å². The molecule has 1 atom stereocenters. The van der Waals surface area contributed by atoms with Gasteiger partial charge in [-0.05, 0) is 44.2 Å². The molecular formula is C15H17ClN2. The predicted molar refractivity (Wildman–Crippen MR) is 76.9 cm³/mol. The van der Waals surface area contributed by atoms with Crippen LogP contribution < -0.4 is 5.32 Å². The number of aryl methyl sites for hydroxylation is 1. The van der Waals surface area contributed by atoms with Crippen LogP contribution in [0.3, 0.4) is 0 Å². The van der Waals surface area contributed by atoms with Crippen molar-refractivity contribution in [3.8, 4) is 11.1 Å². The molecule has 1 aromatic heterocycles. The molecule has 0 aliphatic heterocycles. The first kappa shape index (κ1) is 13.1. The summed E-state index contributed by atoms with van der Waals surface area (Å²) >= 11 is 6.32. The zero-order chi connectivity index (χ0) is 13.1. The third-order valence-corrected chi connectivity index (χ3v) is 3.47. The smallest absolute Gasteiger partial charge is 0.0459 e. The van der Waals surface area contributed by atoms with Crippen molar-refractivity contribution in [1.29, 1.82) is 0 Å². The molecule has 0 bridgehead atoms. The number of halogens is 1. The minimum atomic E-state index is 0.252. The Labute approximate surface area is 113 Å². The quantitative estimate of drug-likeness (QED) is 0.903. The fourth-order valence-electron chi connectivity index (χ4n) is 1.85. The van der Waals surface area contributed by atoms with Gasteiger partial charge in [0.25, 0.3) is 0 Å². The van der Waals surface area contributed by atoms with Crippen LogP contribution in [0.1, 0.15) is 24.2 Å². The number of benzene rings is 1. The fraction of sp³-hybridized carbons (Fsp3) is 0.267. The maximum atomic E-state index is 6.32. The first-order valence-corrected chi connectivity index (χ1v) is 6.39. The third-order valence-electron chi connectivity index (χ3n) is 3.14. The van der Waals surface area contributed by atoms with Crippen LogP contribution in [-0.4, -0.2) is 12.0 Å². The first-order chi connectivity index (χ1) is 8.61. The normalized spacial score (nSPS) is 12.4. The topological polar surface area (TPSA) is 24.9 Å². The van der Waals surface area contributed by atoms with Crippen molar-refractivity contribution in [2.75, 3.05) is 7.05 Å². The molecule has 0 aliphatic carbocycles. The van der Waals surface area contributed by atoms with E-state index >= 15 is 0 Å². The molecular weight excluding hydrogens is 244 g/mol. The molecule has 2 rings (SSSR count). The highest BCUT2D eigenvalue weighted by Crippen LogP contribution is 2.28. The Balaban J connectivity index is 2.37. The Morgan fingerprint density at radius 3 is 2.44 bits per heavy atom. The van der Waals surface area contributed by atoms with Crippen LogP contribution >= 0.6 is 11.6 Å². The summed E-state index contributed by atoms with van der Waals surface area (Å²) in [6.07, 6.45) is 1.88. The van der Waals surface area contributed by atoms with E-state index in [4.69, 9.17) is 11.6 Å². The second-order valence-corrected chi connectivity index (χ2v) is 4.84. The standard InChI is InChI=1S/C15H17ClN2/c1-10-4-5-13(9-18-10)12-6-7-14(11(2)17-3)15(16)8-12/h4-9,11,17H,1-3H3. The maximum absolute atomic E-state index is 6.32. The Morgan fingerprint density at radius 2 is 1.89 bits per heavy atom. The van der Waals surface area contributed by atoms with Crippen LogP contribution in [0.5, 0.6) is 0 Å². The summed E-state index contributed by atoms with van der Waals surface area (Å²) in [6.45, 7) is 4.07. The van der Waals surface area contributed by atoms with Crippen LogP contribution in [0.25, 0.3) is 11.1 Å². The van der Waals surface area contributed by atoms with E-state index in [1.165, 1.54) is 0 Å². The maximum Gasteiger partial charge on any atom is 0.0459 e. The SMILES string of the molecule is CNC(C)c1ccc(-c2ccc(C)nc2)cc1Cl. The van der Waals surface area contributed by atoms with Crippen LogP contribution in [0.2, 0.25) is 5.02 Å². The van der Waals surface area contributed by atoms with Crippen molar-refractivity contribution in [1.82, 2.24) is 10.3 Å². The van der Waals surface area contributed by atoms with Gasteiger partial charge < -0.3 is 5.32 Å². The van der Waals surface area contributed by atoms with Gasteiger partial charge in [-0.2, -0.15) is 0 Å². The van der Waals surface area contributed by atoms with E-state index in [1.54, 1.807) is 0 Å². The predicted octanol–water partition coefficient (Wildman–Crippen LogP) is 3.99. The number of hydrogen-bond acceptors (Lipinski definition) is 2. The molecule has 1 heterocycles. The van der Waals surface area contributed by atoms with Crippen molar-refractivity contribution in [2.45, 2.75) is 19.9 Å². The second-order valence-electron chi connectivity index (χ2n) is 4.43. The van der Waals surface area contributed by atoms with E-state index in [-0.39, 0.29) is 6.04 Å². The molecule has 0 saturated carbocycles. The van der Waals surface area contributed by atoms with Gasteiger partial charge >= 0.3 is 0 Å². The van der Waals surface area contributed by atoms with E-state index in [2.05, 4.69) is 35.4 Å². The van der Waals surface area contributed by atoms with Crippen molar-refractivity contribution >= 4 is 11.6 Å². The summed E-state index contributed by atoms with van der Waals surface area (Å²) in [7, 11) is 1.93. The number of nitrogens with one attached hydrogen (secondary N) is 1. The zero-order valence-electron chi connectivity index (χ0n) is 10.9. The van der Waals surface area contributed by atoms with Crippen molar-refractivity contribution in [3.63, 3.8) is 0 Å². The molecule has 1 aromatic carbocycles. The van der Waals surface area contributed by atoms with Crippen LogP contribution in [0, 0.1) is 6.92 Å². The number of aromatic nitrogens is 1. The van der Waals surface area contributed by atoms with Gasteiger partial charge in [-0.25, -0.2) is 0 Å². The summed E-state index contributed by atoms with van der Waals surface area (Å²) in [6, 6.07) is 10.5. The molecule has 1 unspecified atom stereocenters. The van der Waals surface area contributed by atoms with E-state index < -0.39 is 0 Å². The Morgan fingerprint density at radius 1 is 1.17 bits per heavy atom. The van der Waals surface area contributed by atoms with E-state index in [1.807, 2.05) is 32.3 Å². The van der Waals surface area contributed by atoms with Crippen molar-refractivity contribution in [3.05, 3.63) is 52.8 Å². The molecule has 0 saturated heterocycles. The highest BCUT2D eigenvalue weighted by Gasteiger charge is 2.08. The summed E-state index contributed by atoms with van der Waals surface area (Å²) in [5, 5.41) is 3.98. The highest BCUT2D eigenvalue weighted by molar-refractivity contribution is 6.31. The van der Waals surface area contributed by atoms with E-state index in [0.29, 0.717) is 0 Å². The summed E-state index contributed by atoms with van der Waals surface area (Å²) in [5.41, 5.74) is 4.32. The number of nitrogens with zero attached hydrogens (tertiary/aromatic N) is 1. The summed E-state index contributed by atoms with van der Waals surface area (Å²) in [5.74, 6) is 0. The monoisotopic (exact) mass is 260 g/mol. The van der Waals surface area contributed by atoms with Gasteiger partial charge in [0.15, 0.2) is 0 Å². The fourth-order valence-corrected chi connectivity index (χ4v) is 2.20. The van der Waals surface area contributed by atoms with Crippen LogP contribution in [0.15, 0.2) is 36.5 Å². The van der Waals surface area contributed by atoms with Gasteiger partial charge in [-0.15, -0.1) is 0 Å². The first-order valence-electron chi connectivity index (χ1n) is 6.01. The molecule has 0 aliphatic rings. The molecule has 0 fully saturated rings.